The maximum Gasteiger partial charge on any atom is 0.338 e. The summed E-state index contributed by atoms with van der Waals surface area (Å²) in [4.78, 5) is 38.1. The quantitative estimate of drug-likeness (QED) is 0.764. The topological polar surface area (TPSA) is 99.5 Å². The molecule has 0 aromatic heterocycles. The van der Waals surface area contributed by atoms with Crippen LogP contribution in [0, 0.1) is 11.3 Å². The number of amides is 2. The van der Waals surface area contributed by atoms with E-state index in [4.69, 9.17) is 10.00 Å². The van der Waals surface area contributed by atoms with Crippen molar-refractivity contribution >= 4 is 23.5 Å². The molecule has 1 aliphatic rings. The Kier molecular flexibility index (Phi) is 6.25. The summed E-state index contributed by atoms with van der Waals surface area (Å²) in [6.45, 7) is 2.74. The number of nitrogens with one attached hydrogen (secondary N) is 1. The van der Waals surface area contributed by atoms with Crippen molar-refractivity contribution in [2.45, 2.75) is 32.4 Å². The lowest BCUT2D eigenvalue weighted by atomic mass is 10.1. The van der Waals surface area contributed by atoms with E-state index in [1.807, 2.05) is 6.07 Å². The first-order chi connectivity index (χ1) is 14.0. The standard InChI is InChI=1S/C22H21N3O4/c1-15(21(27)24-19-6-3-2-5-18(19)13-23)29-22(28)17-10-8-16(9-11-17)14-25-12-4-7-20(25)26/h2-3,5-6,8-11,15H,4,7,12,14H2,1H3,(H,24,27)/t15-/m0/s1. The van der Waals surface area contributed by atoms with Crippen LogP contribution in [0.1, 0.15) is 41.3 Å². The zero-order chi connectivity index (χ0) is 20.8. The average Bonchev–Trinajstić information content (AvgIpc) is 3.13. The van der Waals surface area contributed by atoms with Crippen LogP contribution in [0.4, 0.5) is 5.69 Å². The summed E-state index contributed by atoms with van der Waals surface area (Å²) in [7, 11) is 0. The van der Waals surface area contributed by atoms with Crippen LogP contribution in [0.15, 0.2) is 48.5 Å². The largest absolute Gasteiger partial charge is 0.449 e. The van der Waals surface area contributed by atoms with Gasteiger partial charge in [-0.1, -0.05) is 24.3 Å². The zero-order valence-corrected chi connectivity index (χ0v) is 16.1. The molecule has 7 heteroatoms. The lowest BCUT2D eigenvalue weighted by Gasteiger charge is -2.16. The lowest BCUT2D eigenvalue weighted by molar-refractivity contribution is -0.128. The summed E-state index contributed by atoms with van der Waals surface area (Å²) in [5, 5.41) is 11.7. The van der Waals surface area contributed by atoms with Gasteiger partial charge in [0.1, 0.15) is 6.07 Å². The van der Waals surface area contributed by atoms with E-state index in [1.165, 1.54) is 6.92 Å². The molecule has 1 atom stereocenters. The van der Waals surface area contributed by atoms with E-state index in [0.717, 1.165) is 18.5 Å². The van der Waals surface area contributed by atoms with Gasteiger partial charge in [-0.25, -0.2) is 4.79 Å². The second-order valence-corrected chi connectivity index (χ2v) is 6.81. The highest BCUT2D eigenvalue weighted by molar-refractivity contribution is 5.98. The number of nitrogens with zero attached hydrogens (tertiary/aromatic N) is 2. The van der Waals surface area contributed by atoms with E-state index >= 15 is 0 Å². The van der Waals surface area contributed by atoms with Crippen molar-refractivity contribution in [2.75, 3.05) is 11.9 Å². The Balaban J connectivity index is 1.57. The summed E-state index contributed by atoms with van der Waals surface area (Å²) in [6, 6.07) is 15.4. The highest BCUT2D eigenvalue weighted by atomic mass is 16.5. The van der Waals surface area contributed by atoms with Gasteiger partial charge in [0.05, 0.1) is 16.8 Å². The molecule has 2 aromatic carbocycles. The summed E-state index contributed by atoms with van der Waals surface area (Å²) >= 11 is 0. The third-order valence-corrected chi connectivity index (χ3v) is 4.69. The molecule has 1 heterocycles. The van der Waals surface area contributed by atoms with Gasteiger partial charge in [0, 0.05) is 19.5 Å². The van der Waals surface area contributed by atoms with Gasteiger partial charge in [0.25, 0.3) is 5.91 Å². The molecule has 1 aliphatic heterocycles. The van der Waals surface area contributed by atoms with Gasteiger partial charge in [-0.3, -0.25) is 9.59 Å². The second kappa shape index (κ2) is 9.02. The molecule has 2 amide bonds. The highest BCUT2D eigenvalue weighted by Crippen LogP contribution is 2.16. The summed E-state index contributed by atoms with van der Waals surface area (Å²) in [6.07, 6.45) is 0.432. The molecule has 3 rings (SSSR count). The molecule has 0 radical (unpaired) electrons. The van der Waals surface area contributed by atoms with E-state index in [2.05, 4.69) is 5.32 Å². The normalized spacial score (nSPS) is 14.2. The molecular weight excluding hydrogens is 370 g/mol. The van der Waals surface area contributed by atoms with Crippen molar-refractivity contribution in [1.82, 2.24) is 4.90 Å². The smallest absolute Gasteiger partial charge is 0.338 e. The number of carbonyl (C=O) groups excluding carboxylic acids is 3. The fourth-order valence-corrected chi connectivity index (χ4v) is 3.04. The monoisotopic (exact) mass is 391 g/mol. The fraction of sp³-hybridized carbons (Fsp3) is 0.273. The minimum Gasteiger partial charge on any atom is -0.449 e. The molecule has 0 bridgehead atoms. The Morgan fingerprint density at radius 3 is 2.59 bits per heavy atom. The Bertz CT molecular complexity index is 963. The molecule has 29 heavy (non-hydrogen) atoms. The number of benzene rings is 2. The van der Waals surface area contributed by atoms with Crippen LogP contribution in [0.5, 0.6) is 0 Å². The van der Waals surface area contributed by atoms with Gasteiger partial charge < -0.3 is 15.0 Å². The van der Waals surface area contributed by atoms with Crippen molar-refractivity contribution in [3.8, 4) is 6.07 Å². The molecule has 1 saturated heterocycles. The minimum absolute atomic E-state index is 0.145. The van der Waals surface area contributed by atoms with E-state index in [9.17, 15) is 14.4 Å². The number of para-hydroxylation sites is 1. The van der Waals surface area contributed by atoms with Crippen LogP contribution in [-0.4, -0.2) is 35.3 Å². The van der Waals surface area contributed by atoms with Gasteiger partial charge in [-0.05, 0) is 43.2 Å². The number of ether oxygens (including phenoxy) is 1. The number of anilines is 1. The van der Waals surface area contributed by atoms with Crippen molar-refractivity contribution in [1.29, 1.82) is 5.26 Å². The van der Waals surface area contributed by atoms with Crippen LogP contribution in [0.25, 0.3) is 0 Å². The van der Waals surface area contributed by atoms with Gasteiger partial charge in [0.2, 0.25) is 5.91 Å². The number of hydrogen-bond donors (Lipinski definition) is 1. The maximum absolute atomic E-state index is 12.3. The average molecular weight is 391 g/mol. The zero-order valence-electron chi connectivity index (χ0n) is 16.1. The van der Waals surface area contributed by atoms with Gasteiger partial charge in [-0.15, -0.1) is 0 Å². The van der Waals surface area contributed by atoms with Gasteiger partial charge >= 0.3 is 5.97 Å². The Labute approximate surface area is 168 Å². The number of esters is 1. The van der Waals surface area contributed by atoms with Crippen molar-refractivity contribution < 1.29 is 19.1 Å². The van der Waals surface area contributed by atoms with E-state index < -0.39 is 18.0 Å². The van der Waals surface area contributed by atoms with Crippen molar-refractivity contribution in [2.24, 2.45) is 0 Å². The molecule has 1 N–H and O–H groups in total. The summed E-state index contributed by atoms with van der Waals surface area (Å²) < 4.78 is 5.24. The van der Waals surface area contributed by atoms with E-state index in [0.29, 0.717) is 29.8 Å². The maximum atomic E-state index is 12.3. The van der Waals surface area contributed by atoms with Crippen LogP contribution >= 0.6 is 0 Å². The second-order valence-electron chi connectivity index (χ2n) is 6.81. The third-order valence-electron chi connectivity index (χ3n) is 4.69. The van der Waals surface area contributed by atoms with Crippen molar-refractivity contribution in [3.05, 3.63) is 65.2 Å². The number of nitriles is 1. The molecule has 148 valence electrons. The summed E-state index contributed by atoms with van der Waals surface area (Å²) in [5.74, 6) is -0.999. The van der Waals surface area contributed by atoms with E-state index in [1.54, 1.807) is 53.4 Å². The molecular formula is C22H21N3O4. The van der Waals surface area contributed by atoms with Gasteiger partial charge in [-0.2, -0.15) is 5.26 Å². The van der Waals surface area contributed by atoms with Crippen LogP contribution in [0.2, 0.25) is 0 Å². The predicted octanol–water partition coefficient (Wildman–Crippen LogP) is 2.86. The first-order valence-corrected chi connectivity index (χ1v) is 9.35. The predicted molar refractivity (Wildman–Crippen MR) is 106 cm³/mol. The summed E-state index contributed by atoms with van der Waals surface area (Å²) in [5.41, 5.74) is 1.93. The number of hydrogen-bond acceptors (Lipinski definition) is 5. The Morgan fingerprint density at radius 2 is 1.93 bits per heavy atom. The molecule has 0 saturated carbocycles. The molecule has 1 fully saturated rings. The molecule has 7 nitrogen and oxygen atoms in total. The first kappa shape index (κ1) is 20.1. The lowest BCUT2D eigenvalue weighted by Crippen LogP contribution is -2.30. The molecule has 2 aromatic rings. The van der Waals surface area contributed by atoms with Gasteiger partial charge in [0.15, 0.2) is 6.10 Å². The van der Waals surface area contributed by atoms with Crippen LogP contribution in [0.3, 0.4) is 0 Å². The highest BCUT2D eigenvalue weighted by Gasteiger charge is 2.21. The molecule has 0 aliphatic carbocycles. The van der Waals surface area contributed by atoms with Crippen LogP contribution in [-0.2, 0) is 20.9 Å². The first-order valence-electron chi connectivity index (χ1n) is 9.35. The third kappa shape index (κ3) is 4.99. The fourth-order valence-electron chi connectivity index (χ4n) is 3.04. The van der Waals surface area contributed by atoms with Crippen LogP contribution < -0.4 is 5.32 Å². The Morgan fingerprint density at radius 1 is 1.21 bits per heavy atom. The number of carbonyl (C=O) groups is 3. The Hall–Kier alpha value is -3.66. The van der Waals surface area contributed by atoms with Crippen molar-refractivity contribution in [3.63, 3.8) is 0 Å². The SMILES string of the molecule is C[C@H](OC(=O)c1ccc(CN2CCCC2=O)cc1)C(=O)Nc1ccccc1C#N. The number of likely N-dealkylation sites (tertiary alicyclic amines) is 1. The number of rotatable bonds is 6. The molecule has 0 spiro atoms. The molecule has 0 unspecified atom stereocenters. The minimum atomic E-state index is -1.03. The van der Waals surface area contributed by atoms with E-state index in [-0.39, 0.29) is 5.91 Å².